The lowest BCUT2D eigenvalue weighted by Gasteiger charge is -2.13. The number of aryl methyl sites for hydroxylation is 2. The smallest absolute Gasteiger partial charge is 0.243 e. The van der Waals surface area contributed by atoms with Crippen LogP contribution < -0.4 is 16.0 Å². The first-order valence-corrected chi connectivity index (χ1v) is 9.49. The average molecular weight is 367 g/mol. The summed E-state index contributed by atoms with van der Waals surface area (Å²) in [6.07, 6.45) is 3.55. The number of hydrogen-bond donors (Lipinski definition) is 3. The van der Waals surface area contributed by atoms with Crippen LogP contribution in [0.4, 0.5) is 17.1 Å². The molecule has 0 saturated carbocycles. The molecule has 2 rings (SSSR count). The van der Waals surface area contributed by atoms with E-state index in [2.05, 4.69) is 22.9 Å². The zero-order chi connectivity index (χ0) is 19.6. The number of hydrogen-bond acceptors (Lipinski definition) is 3. The highest BCUT2D eigenvalue weighted by Crippen LogP contribution is 2.19. The van der Waals surface area contributed by atoms with Crippen LogP contribution in [0, 0.1) is 13.8 Å². The summed E-state index contributed by atoms with van der Waals surface area (Å²) in [5.41, 5.74) is 4.55. The fourth-order valence-corrected chi connectivity index (χ4v) is 2.90. The highest BCUT2D eigenvalue weighted by Gasteiger charge is 2.07. The van der Waals surface area contributed by atoms with Gasteiger partial charge in [0, 0.05) is 23.5 Å². The molecule has 0 saturated heterocycles. The molecule has 0 aliphatic rings. The Morgan fingerprint density at radius 1 is 0.852 bits per heavy atom. The van der Waals surface area contributed by atoms with E-state index in [4.69, 9.17) is 0 Å². The second-order valence-corrected chi connectivity index (χ2v) is 6.75. The summed E-state index contributed by atoms with van der Waals surface area (Å²) in [5.74, 6) is -0.132. The predicted molar refractivity (Wildman–Crippen MR) is 112 cm³/mol. The maximum Gasteiger partial charge on any atom is 0.243 e. The Labute approximate surface area is 161 Å². The molecule has 5 heteroatoms. The van der Waals surface area contributed by atoms with E-state index in [9.17, 15) is 9.59 Å². The minimum atomic E-state index is -0.135. The van der Waals surface area contributed by atoms with Gasteiger partial charge in [0.05, 0.1) is 6.54 Å². The lowest BCUT2D eigenvalue weighted by atomic mass is 10.1. The molecule has 144 valence electrons. The zero-order valence-electron chi connectivity index (χ0n) is 16.4. The molecule has 0 aliphatic heterocycles. The standard InChI is InChI=1S/C22H29N3O2/c1-4-5-6-13-20(26)24-18-11-8-12-19(14-18)25-21(27)15-23-22-16(2)9-7-10-17(22)3/h7-12,14,23H,4-6,13,15H2,1-3H3,(H,24,26)(H,25,27). The first-order valence-electron chi connectivity index (χ1n) is 9.49. The summed E-state index contributed by atoms with van der Waals surface area (Å²) in [6, 6.07) is 13.2. The van der Waals surface area contributed by atoms with Crippen molar-refractivity contribution in [1.29, 1.82) is 0 Å². The largest absolute Gasteiger partial charge is 0.376 e. The van der Waals surface area contributed by atoms with Gasteiger partial charge in [-0.15, -0.1) is 0 Å². The Hall–Kier alpha value is -2.82. The van der Waals surface area contributed by atoms with Gasteiger partial charge in [-0.2, -0.15) is 0 Å². The number of carbonyl (C=O) groups excluding carboxylic acids is 2. The Morgan fingerprint density at radius 2 is 1.44 bits per heavy atom. The molecule has 2 aromatic rings. The number of para-hydroxylation sites is 1. The normalized spacial score (nSPS) is 10.3. The molecule has 0 atom stereocenters. The highest BCUT2D eigenvalue weighted by molar-refractivity contribution is 5.95. The molecule has 0 bridgehead atoms. The Bertz CT molecular complexity index is 767. The molecule has 3 N–H and O–H groups in total. The number of anilines is 3. The van der Waals surface area contributed by atoms with Crippen LogP contribution >= 0.6 is 0 Å². The topological polar surface area (TPSA) is 70.2 Å². The van der Waals surface area contributed by atoms with E-state index in [0.29, 0.717) is 17.8 Å². The van der Waals surface area contributed by atoms with E-state index in [-0.39, 0.29) is 18.4 Å². The zero-order valence-corrected chi connectivity index (χ0v) is 16.4. The van der Waals surface area contributed by atoms with Gasteiger partial charge in [0.1, 0.15) is 0 Å². The van der Waals surface area contributed by atoms with E-state index in [1.807, 2.05) is 50.2 Å². The van der Waals surface area contributed by atoms with E-state index in [1.54, 1.807) is 6.07 Å². The van der Waals surface area contributed by atoms with Gasteiger partial charge >= 0.3 is 0 Å². The molecule has 0 aromatic heterocycles. The molecule has 0 radical (unpaired) electrons. The molecule has 2 amide bonds. The molecular formula is C22H29N3O2. The monoisotopic (exact) mass is 367 g/mol. The molecule has 0 aliphatic carbocycles. The van der Waals surface area contributed by atoms with Crippen molar-refractivity contribution in [2.24, 2.45) is 0 Å². The van der Waals surface area contributed by atoms with Gasteiger partial charge in [0.2, 0.25) is 11.8 Å². The first-order chi connectivity index (χ1) is 13.0. The van der Waals surface area contributed by atoms with Crippen molar-refractivity contribution >= 4 is 28.9 Å². The van der Waals surface area contributed by atoms with Crippen LogP contribution in [0.3, 0.4) is 0 Å². The first kappa shape index (κ1) is 20.5. The van der Waals surface area contributed by atoms with E-state index in [0.717, 1.165) is 36.1 Å². The number of rotatable bonds is 9. The molecule has 0 spiro atoms. The van der Waals surface area contributed by atoms with Crippen molar-refractivity contribution < 1.29 is 9.59 Å². The number of unbranched alkanes of at least 4 members (excludes halogenated alkanes) is 2. The maximum absolute atomic E-state index is 12.3. The van der Waals surface area contributed by atoms with Crippen molar-refractivity contribution in [3.05, 3.63) is 53.6 Å². The summed E-state index contributed by atoms with van der Waals surface area (Å²) in [5, 5.41) is 8.94. The minimum absolute atomic E-state index is 0.00335. The van der Waals surface area contributed by atoms with Crippen molar-refractivity contribution in [3.63, 3.8) is 0 Å². The van der Waals surface area contributed by atoms with Gasteiger partial charge in [-0.05, 0) is 49.6 Å². The van der Waals surface area contributed by atoms with Crippen LogP contribution in [-0.4, -0.2) is 18.4 Å². The van der Waals surface area contributed by atoms with E-state index >= 15 is 0 Å². The van der Waals surface area contributed by atoms with Gasteiger partial charge in [-0.25, -0.2) is 0 Å². The molecule has 0 fully saturated rings. The van der Waals surface area contributed by atoms with Crippen molar-refractivity contribution in [1.82, 2.24) is 0 Å². The fraction of sp³-hybridized carbons (Fsp3) is 0.364. The van der Waals surface area contributed by atoms with Crippen molar-refractivity contribution in [2.75, 3.05) is 22.5 Å². The van der Waals surface area contributed by atoms with Crippen LogP contribution in [-0.2, 0) is 9.59 Å². The highest BCUT2D eigenvalue weighted by atomic mass is 16.2. The second kappa shape index (κ2) is 10.4. The summed E-state index contributed by atoms with van der Waals surface area (Å²) >= 11 is 0. The number of benzene rings is 2. The van der Waals surface area contributed by atoms with E-state index < -0.39 is 0 Å². The van der Waals surface area contributed by atoms with Gasteiger partial charge in [-0.3, -0.25) is 9.59 Å². The average Bonchev–Trinajstić information content (AvgIpc) is 2.62. The molecule has 0 unspecified atom stereocenters. The molecule has 2 aromatic carbocycles. The molecule has 27 heavy (non-hydrogen) atoms. The van der Waals surface area contributed by atoms with Crippen LogP contribution in [0.2, 0.25) is 0 Å². The fourth-order valence-electron chi connectivity index (χ4n) is 2.90. The number of amides is 2. The third-order valence-electron chi connectivity index (χ3n) is 4.34. The van der Waals surface area contributed by atoms with Crippen LogP contribution in [0.1, 0.15) is 43.7 Å². The summed E-state index contributed by atoms with van der Waals surface area (Å²) in [4.78, 5) is 24.2. The van der Waals surface area contributed by atoms with Crippen molar-refractivity contribution in [2.45, 2.75) is 46.5 Å². The summed E-state index contributed by atoms with van der Waals surface area (Å²) < 4.78 is 0. The lowest BCUT2D eigenvalue weighted by molar-refractivity contribution is -0.116. The van der Waals surface area contributed by atoms with Crippen molar-refractivity contribution in [3.8, 4) is 0 Å². The second-order valence-electron chi connectivity index (χ2n) is 6.75. The van der Waals surface area contributed by atoms with E-state index in [1.165, 1.54) is 0 Å². The molecule has 0 heterocycles. The molecular weight excluding hydrogens is 338 g/mol. The van der Waals surface area contributed by atoms with Gasteiger partial charge in [-0.1, -0.05) is 44.0 Å². The Balaban J connectivity index is 1.87. The SMILES string of the molecule is CCCCCC(=O)Nc1cccc(NC(=O)CNc2c(C)cccc2C)c1. The summed E-state index contributed by atoms with van der Waals surface area (Å²) in [6.45, 7) is 6.32. The summed E-state index contributed by atoms with van der Waals surface area (Å²) in [7, 11) is 0. The van der Waals surface area contributed by atoms with Crippen LogP contribution in [0.15, 0.2) is 42.5 Å². The van der Waals surface area contributed by atoms with Gasteiger partial charge in [0.25, 0.3) is 0 Å². The van der Waals surface area contributed by atoms with Crippen LogP contribution in [0.25, 0.3) is 0 Å². The van der Waals surface area contributed by atoms with Gasteiger partial charge in [0.15, 0.2) is 0 Å². The third kappa shape index (κ3) is 6.77. The third-order valence-corrected chi connectivity index (χ3v) is 4.34. The predicted octanol–water partition coefficient (Wildman–Crippen LogP) is 4.87. The lowest BCUT2D eigenvalue weighted by Crippen LogP contribution is -2.22. The number of carbonyl (C=O) groups is 2. The Morgan fingerprint density at radius 3 is 2.07 bits per heavy atom. The molecule has 5 nitrogen and oxygen atoms in total. The maximum atomic E-state index is 12.3. The quantitative estimate of drug-likeness (QED) is 0.554. The minimum Gasteiger partial charge on any atom is -0.376 e. The number of nitrogens with one attached hydrogen (secondary N) is 3. The van der Waals surface area contributed by atoms with Crippen LogP contribution in [0.5, 0.6) is 0 Å². The van der Waals surface area contributed by atoms with Gasteiger partial charge < -0.3 is 16.0 Å². The Kier molecular flexibility index (Phi) is 7.86.